The van der Waals surface area contributed by atoms with E-state index in [0.717, 1.165) is 64.4 Å². The maximum Gasteiger partial charge on any atom is 0.225 e. The monoisotopic (exact) mass is 504 g/mol. The number of aryl methyl sites for hydroxylation is 1. The van der Waals surface area contributed by atoms with Gasteiger partial charge in [0, 0.05) is 30.3 Å². The fourth-order valence-electron chi connectivity index (χ4n) is 6.66. The number of rotatable bonds is 8. The van der Waals surface area contributed by atoms with Crippen LogP contribution in [0.1, 0.15) is 87.9 Å². The summed E-state index contributed by atoms with van der Waals surface area (Å²) in [7, 11) is 0. The largest absolute Gasteiger partial charge is 0.396 e. The zero-order chi connectivity index (χ0) is 24.3. The Hall–Kier alpha value is -2.32. The van der Waals surface area contributed by atoms with Gasteiger partial charge in [0.2, 0.25) is 5.95 Å². The average Bonchev–Trinajstić information content (AvgIpc) is 3.66. The van der Waals surface area contributed by atoms with Gasteiger partial charge in [0.05, 0.1) is 21.7 Å². The molecule has 3 aromatic rings. The summed E-state index contributed by atoms with van der Waals surface area (Å²) < 4.78 is 1.19. The van der Waals surface area contributed by atoms with Gasteiger partial charge in [0.1, 0.15) is 16.3 Å². The maximum absolute atomic E-state index is 9.69. The first kappa shape index (κ1) is 22.8. The molecule has 4 fully saturated rings. The number of fused-ring (bicyclic) bond motifs is 1. The molecule has 0 saturated heterocycles. The minimum atomic E-state index is 0.192. The zero-order valence-corrected chi connectivity index (χ0v) is 21.9. The van der Waals surface area contributed by atoms with Crippen LogP contribution in [0.2, 0.25) is 0 Å². The van der Waals surface area contributed by atoms with E-state index in [4.69, 9.17) is 15.0 Å². The fraction of sp³-hybridized carbons (Fsp3) is 0.643. The van der Waals surface area contributed by atoms with Gasteiger partial charge in [-0.05, 0) is 82.6 Å². The van der Waals surface area contributed by atoms with Gasteiger partial charge in [-0.25, -0.2) is 9.97 Å². The highest BCUT2D eigenvalue weighted by atomic mass is 32.1. The van der Waals surface area contributed by atoms with E-state index >= 15 is 0 Å². The molecule has 0 spiro atoms. The Kier molecular flexibility index (Phi) is 5.65. The summed E-state index contributed by atoms with van der Waals surface area (Å²) in [6.07, 6.45) is 15.2. The molecule has 7 rings (SSSR count). The first-order chi connectivity index (χ1) is 17.6. The molecule has 4 aliphatic carbocycles. The molecule has 0 aromatic carbocycles. The molecule has 2 unspecified atom stereocenters. The van der Waals surface area contributed by atoms with Gasteiger partial charge in [-0.15, -0.1) is 11.3 Å². The lowest BCUT2D eigenvalue weighted by atomic mass is 9.96. The summed E-state index contributed by atoms with van der Waals surface area (Å²) in [5.41, 5.74) is 4.37. The van der Waals surface area contributed by atoms with Crippen LogP contribution in [0.4, 0.5) is 11.8 Å². The van der Waals surface area contributed by atoms with E-state index in [1.807, 2.05) is 6.20 Å². The summed E-state index contributed by atoms with van der Waals surface area (Å²) in [4.78, 5) is 19.9. The Bertz CT molecular complexity index is 1280. The third kappa shape index (κ3) is 4.16. The molecule has 0 bridgehead atoms. The van der Waals surface area contributed by atoms with Crippen LogP contribution < -0.4 is 10.6 Å². The number of thiazole rings is 1. The summed E-state index contributed by atoms with van der Waals surface area (Å²) in [5, 5.41) is 18.2. The Labute approximate surface area is 216 Å². The Morgan fingerprint density at radius 1 is 1.06 bits per heavy atom. The fourth-order valence-corrected chi connectivity index (χ4v) is 7.73. The van der Waals surface area contributed by atoms with Crippen LogP contribution in [0.5, 0.6) is 0 Å². The molecule has 4 aliphatic rings. The van der Waals surface area contributed by atoms with Crippen LogP contribution in [0.3, 0.4) is 0 Å². The molecule has 0 radical (unpaired) electrons. The second-order valence-electron chi connectivity index (χ2n) is 11.7. The molecule has 2 atom stereocenters. The summed E-state index contributed by atoms with van der Waals surface area (Å²) >= 11 is 1.72. The SMILES string of the molecule is Cc1nc(NC2(C3CCCC3)CC2)nc(NC2CCC(CO)C2)c1-c1nc2c(C3CC3)nccc2s1. The van der Waals surface area contributed by atoms with Gasteiger partial charge >= 0.3 is 0 Å². The Morgan fingerprint density at radius 2 is 1.89 bits per heavy atom. The zero-order valence-electron chi connectivity index (χ0n) is 21.1. The highest BCUT2D eigenvalue weighted by Crippen LogP contribution is 2.51. The average molecular weight is 505 g/mol. The van der Waals surface area contributed by atoms with E-state index in [9.17, 15) is 5.11 Å². The third-order valence-corrected chi connectivity index (χ3v) is 10.1. The van der Waals surface area contributed by atoms with Crippen molar-refractivity contribution in [3.8, 4) is 10.6 Å². The quantitative estimate of drug-likeness (QED) is 0.344. The van der Waals surface area contributed by atoms with Crippen molar-refractivity contribution in [1.29, 1.82) is 0 Å². The van der Waals surface area contributed by atoms with E-state index in [0.29, 0.717) is 17.9 Å². The molecular weight excluding hydrogens is 468 g/mol. The standard InChI is InChI=1S/C28H36N6OS/c1-16-22(26-32-24-21(36-26)10-13-29-23(24)18-7-8-18)25(31-20-9-6-17(14-20)15-35)33-27(30-16)34-28(11-12-28)19-4-2-3-5-19/h10,13,17-20,35H,2-9,11-12,14-15H2,1H3,(H2,30,31,33,34). The number of aliphatic hydroxyl groups excluding tert-OH is 1. The first-order valence-electron chi connectivity index (χ1n) is 13.9. The van der Waals surface area contributed by atoms with Gasteiger partial charge in [0.15, 0.2) is 0 Å². The van der Waals surface area contributed by atoms with Crippen molar-refractivity contribution in [3.05, 3.63) is 23.7 Å². The number of anilines is 2. The summed E-state index contributed by atoms with van der Waals surface area (Å²) in [6.45, 7) is 2.36. The Morgan fingerprint density at radius 3 is 2.61 bits per heavy atom. The predicted octanol–water partition coefficient (Wildman–Crippen LogP) is 6.04. The highest BCUT2D eigenvalue weighted by molar-refractivity contribution is 7.21. The lowest BCUT2D eigenvalue weighted by molar-refractivity contribution is 0.229. The van der Waals surface area contributed by atoms with E-state index in [2.05, 4.69) is 28.6 Å². The molecular formula is C28H36N6OS. The number of hydrogen-bond donors (Lipinski definition) is 3. The van der Waals surface area contributed by atoms with E-state index in [1.54, 1.807) is 11.3 Å². The molecule has 36 heavy (non-hydrogen) atoms. The predicted molar refractivity (Wildman–Crippen MR) is 145 cm³/mol. The number of nitrogens with zero attached hydrogens (tertiary/aromatic N) is 4. The number of hydrogen-bond acceptors (Lipinski definition) is 8. The topological polar surface area (TPSA) is 95.9 Å². The minimum Gasteiger partial charge on any atom is -0.396 e. The van der Waals surface area contributed by atoms with Crippen molar-refractivity contribution in [2.24, 2.45) is 11.8 Å². The third-order valence-electron chi connectivity index (χ3n) is 9.03. The molecule has 7 nitrogen and oxygen atoms in total. The van der Waals surface area contributed by atoms with Gasteiger partial charge in [-0.2, -0.15) is 4.98 Å². The molecule has 0 amide bonds. The molecule has 4 saturated carbocycles. The smallest absolute Gasteiger partial charge is 0.225 e. The van der Waals surface area contributed by atoms with Crippen LogP contribution in [0, 0.1) is 18.8 Å². The van der Waals surface area contributed by atoms with Crippen molar-refractivity contribution >= 4 is 33.3 Å². The normalized spacial score (nSPS) is 25.5. The van der Waals surface area contributed by atoms with Crippen LogP contribution >= 0.6 is 11.3 Å². The van der Waals surface area contributed by atoms with E-state index in [-0.39, 0.29) is 12.1 Å². The molecule has 8 heteroatoms. The van der Waals surface area contributed by atoms with Gasteiger partial charge in [0.25, 0.3) is 0 Å². The molecule has 3 N–H and O–H groups in total. The first-order valence-corrected chi connectivity index (χ1v) is 14.7. The van der Waals surface area contributed by atoms with Crippen molar-refractivity contribution in [2.75, 3.05) is 17.2 Å². The van der Waals surface area contributed by atoms with E-state index < -0.39 is 0 Å². The summed E-state index contributed by atoms with van der Waals surface area (Å²) in [5.74, 6) is 3.31. The van der Waals surface area contributed by atoms with Crippen molar-refractivity contribution in [1.82, 2.24) is 19.9 Å². The van der Waals surface area contributed by atoms with Crippen LogP contribution in [-0.2, 0) is 0 Å². The van der Waals surface area contributed by atoms with Crippen molar-refractivity contribution in [2.45, 2.75) is 95.1 Å². The molecule has 3 heterocycles. The van der Waals surface area contributed by atoms with Crippen molar-refractivity contribution in [3.63, 3.8) is 0 Å². The van der Waals surface area contributed by atoms with Crippen LogP contribution in [-0.4, -0.2) is 43.2 Å². The maximum atomic E-state index is 9.69. The number of aromatic nitrogens is 4. The lowest BCUT2D eigenvalue weighted by Crippen LogP contribution is -2.31. The van der Waals surface area contributed by atoms with Gasteiger partial charge in [-0.3, -0.25) is 4.98 Å². The summed E-state index contributed by atoms with van der Waals surface area (Å²) in [6, 6.07) is 2.40. The number of aliphatic hydroxyl groups is 1. The van der Waals surface area contributed by atoms with Gasteiger partial charge in [-0.1, -0.05) is 12.8 Å². The van der Waals surface area contributed by atoms with Gasteiger partial charge < -0.3 is 15.7 Å². The second kappa shape index (κ2) is 8.91. The van der Waals surface area contributed by atoms with Crippen LogP contribution in [0.25, 0.3) is 20.8 Å². The van der Waals surface area contributed by atoms with E-state index in [1.165, 1.54) is 56.1 Å². The van der Waals surface area contributed by atoms with Crippen molar-refractivity contribution < 1.29 is 5.11 Å². The van der Waals surface area contributed by atoms with Crippen LogP contribution in [0.15, 0.2) is 12.3 Å². The molecule has 3 aromatic heterocycles. The molecule has 190 valence electrons. The minimum absolute atomic E-state index is 0.192. The molecule has 0 aliphatic heterocycles. The second-order valence-corrected chi connectivity index (χ2v) is 12.7. The Balaban J connectivity index is 1.26. The lowest BCUT2D eigenvalue weighted by Gasteiger charge is -2.25. The highest BCUT2D eigenvalue weighted by Gasteiger charge is 2.50. The number of nitrogens with one attached hydrogen (secondary N) is 2. The number of pyridine rings is 1.